The van der Waals surface area contributed by atoms with E-state index >= 15 is 0 Å². The third kappa shape index (κ3) is 8.26. The van der Waals surface area contributed by atoms with Gasteiger partial charge in [-0.05, 0) is 32.7 Å². The van der Waals surface area contributed by atoms with Crippen molar-refractivity contribution in [2.75, 3.05) is 6.54 Å². The van der Waals surface area contributed by atoms with Gasteiger partial charge in [-0.15, -0.1) is 0 Å². The molecule has 2 atom stereocenters. The van der Waals surface area contributed by atoms with Gasteiger partial charge in [0.25, 0.3) is 0 Å². The van der Waals surface area contributed by atoms with Crippen molar-refractivity contribution in [3.05, 3.63) is 0 Å². The Hall–Kier alpha value is -0.0800. The van der Waals surface area contributed by atoms with Gasteiger partial charge in [0.1, 0.15) is 0 Å². The van der Waals surface area contributed by atoms with Gasteiger partial charge >= 0.3 is 0 Å². The molecule has 0 rings (SSSR count). The van der Waals surface area contributed by atoms with Gasteiger partial charge in [-0.3, -0.25) is 0 Å². The zero-order chi connectivity index (χ0) is 10.1. The Kier molecular flexibility index (Phi) is 8.46. The molecule has 0 aliphatic carbocycles. The van der Waals surface area contributed by atoms with Crippen molar-refractivity contribution in [1.29, 1.82) is 0 Å². The molecule has 0 saturated carbocycles. The number of nitrogens with one attached hydrogen (secondary N) is 1. The molecule has 2 unspecified atom stereocenters. The van der Waals surface area contributed by atoms with Crippen molar-refractivity contribution in [2.24, 2.45) is 5.73 Å². The number of unbranched alkanes of at least 4 members (excludes halogenated alkanes) is 1. The summed E-state index contributed by atoms with van der Waals surface area (Å²) in [7, 11) is 0. The van der Waals surface area contributed by atoms with Crippen LogP contribution in [0, 0.1) is 0 Å². The van der Waals surface area contributed by atoms with E-state index in [2.05, 4.69) is 26.1 Å². The molecule has 0 saturated heterocycles. The summed E-state index contributed by atoms with van der Waals surface area (Å²) >= 11 is 0. The van der Waals surface area contributed by atoms with Gasteiger partial charge < -0.3 is 11.1 Å². The Labute approximate surface area is 83.3 Å². The summed E-state index contributed by atoms with van der Waals surface area (Å²) in [5.41, 5.74) is 5.82. The van der Waals surface area contributed by atoms with Crippen LogP contribution in [0.3, 0.4) is 0 Å². The summed E-state index contributed by atoms with van der Waals surface area (Å²) in [4.78, 5) is 0. The minimum Gasteiger partial charge on any atom is -0.328 e. The highest BCUT2D eigenvalue weighted by atomic mass is 14.9. The third-order valence-corrected chi connectivity index (χ3v) is 2.52. The SMILES string of the molecule is CCCCC(C)NCCC(N)CC. The minimum absolute atomic E-state index is 0.380. The first-order chi connectivity index (χ1) is 6.20. The van der Waals surface area contributed by atoms with E-state index in [0.717, 1.165) is 19.4 Å². The number of nitrogens with two attached hydrogens (primary N) is 1. The lowest BCUT2D eigenvalue weighted by atomic mass is 10.1. The van der Waals surface area contributed by atoms with Gasteiger partial charge in [-0.1, -0.05) is 26.7 Å². The number of hydrogen-bond donors (Lipinski definition) is 2. The number of hydrogen-bond acceptors (Lipinski definition) is 2. The van der Waals surface area contributed by atoms with Crippen LogP contribution in [-0.2, 0) is 0 Å². The lowest BCUT2D eigenvalue weighted by molar-refractivity contribution is 0.466. The van der Waals surface area contributed by atoms with Gasteiger partial charge in [-0.2, -0.15) is 0 Å². The van der Waals surface area contributed by atoms with Gasteiger partial charge in [0.05, 0.1) is 0 Å². The second-order valence-electron chi connectivity index (χ2n) is 3.95. The highest BCUT2D eigenvalue weighted by Crippen LogP contribution is 2.00. The predicted molar refractivity (Wildman–Crippen MR) is 59.9 cm³/mol. The maximum atomic E-state index is 5.82. The highest BCUT2D eigenvalue weighted by Gasteiger charge is 2.02. The van der Waals surface area contributed by atoms with E-state index in [1.54, 1.807) is 0 Å². The van der Waals surface area contributed by atoms with Crippen LogP contribution in [0.1, 0.15) is 52.9 Å². The van der Waals surface area contributed by atoms with Crippen molar-refractivity contribution in [3.63, 3.8) is 0 Å². The van der Waals surface area contributed by atoms with E-state index in [1.807, 2.05) is 0 Å². The Morgan fingerprint density at radius 1 is 1.23 bits per heavy atom. The Morgan fingerprint density at radius 2 is 1.92 bits per heavy atom. The molecule has 0 fully saturated rings. The topological polar surface area (TPSA) is 38.0 Å². The Bertz CT molecular complexity index is 104. The van der Waals surface area contributed by atoms with Crippen LogP contribution in [0.2, 0.25) is 0 Å². The van der Waals surface area contributed by atoms with Gasteiger partial charge in [-0.25, -0.2) is 0 Å². The second kappa shape index (κ2) is 8.52. The zero-order valence-corrected chi connectivity index (χ0v) is 9.47. The van der Waals surface area contributed by atoms with E-state index < -0.39 is 0 Å². The van der Waals surface area contributed by atoms with Crippen LogP contribution >= 0.6 is 0 Å². The molecule has 3 N–H and O–H groups in total. The highest BCUT2D eigenvalue weighted by molar-refractivity contribution is 4.64. The molecule has 2 heteroatoms. The second-order valence-corrected chi connectivity index (χ2v) is 3.95. The van der Waals surface area contributed by atoms with Crippen molar-refractivity contribution in [3.8, 4) is 0 Å². The van der Waals surface area contributed by atoms with Crippen molar-refractivity contribution < 1.29 is 0 Å². The van der Waals surface area contributed by atoms with Gasteiger partial charge in [0, 0.05) is 12.1 Å². The molecule has 13 heavy (non-hydrogen) atoms. The monoisotopic (exact) mass is 186 g/mol. The van der Waals surface area contributed by atoms with Crippen LogP contribution in [0.4, 0.5) is 0 Å². The summed E-state index contributed by atoms with van der Waals surface area (Å²) in [6.07, 6.45) is 6.10. The summed E-state index contributed by atoms with van der Waals surface area (Å²) in [6.45, 7) is 7.71. The normalized spacial score (nSPS) is 15.7. The molecule has 0 heterocycles. The molecule has 80 valence electrons. The van der Waals surface area contributed by atoms with Crippen molar-refractivity contribution in [2.45, 2.75) is 65.0 Å². The molecule has 0 aliphatic heterocycles. The molecule has 0 aromatic carbocycles. The van der Waals surface area contributed by atoms with Crippen LogP contribution in [0.5, 0.6) is 0 Å². The first-order valence-corrected chi connectivity index (χ1v) is 5.69. The maximum Gasteiger partial charge on any atom is 0.00482 e. The molecule has 0 aromatic rings. The van der Waals surface area contributed by atoms with Crippen LogP contribution < -0.4 is 11.1 Å². The molecular weight excluding hydrogens is 160 g/mol. The van der Waals surface area contributed by atoms with E-state index in [-0.39, 0.29) is 0 Å². The molecule has 2 nitrogen and oxygen atoms in total. The van der Waals surface area contributed by atoms with Crippen molar-refractivity contribution >= 4 is 0 Å². The number of rotatable bonds is 8. The Morgan fingerprint density at radius 3 is 2.46 bits per heavy atom. The van der Waals surface area contributed by atoms with Gasteiger partial charge in [0.15, 0.2) is 0 Å². The fourth-order valence-corrected chi connectivity index (χ4v) is 1.33. The molecule has 0 radical (unpaired) electrons. The third-order valence-electron chi connectivity index (χ3n) is 2.52. The van der Waals surface area contributed by atoms with E-state index in [9.17, 15) is 0 Å². The van der Waals surface area contributed by atoms with E-state index in [0.29, 0.717) is 12.1 Å². The molecule has 0 spiro atoms. The minimum atomic E-state index is 0.380. The summed E-state index contributed by atoms with van der Waals surface area (Å²) in [5.74, 6) is 0. The average Bonchev–Trinajstić information content (AvgIpc) is 2.14. The van der Waals surface area contributed by atoms with Crippen LogP contribution in [0.15, 0.2) is 0 Å². The quantitative estimate of drug-likeness (QED) is 0.610. The lowest BCUT2D eigenvalue weighted by Gasteiger charge is -2.15. The lowest BCUT2D eigenvalue weighted by Crippen LogP contribution is -2.31. The van der Waals surface area contributed by atoms with Crippen LogP contribution in [0.25, 0.3) is 0 Å². The zero-order valence-electron chi connectivity index (χ0n) is 9.47. The molecule has 0 aliphatic rings. The standard InChI is InChI=1S/C11H26N2/c1-4-6-7-10(3)13-9-8-11(12)5-2/h10-11,13H,4-9,12H2,1-3H3. The fraction of sp³-hybridized carbons (Fsp3) is 1.00. The average molecular weight is 186 g/mol. The smallest absolute Gasteiger partial charge is 0.00482 e. The largest absolute Gasteiger partial charge is 0.328 e. The fourth-order valence-electron chi connectivity index (χ4n) is 1.33. The van der Waals surface area contributed by atoms with Crippen molar-refractivity contribution in [1.82, 2.24) is 5.32 Å². The summed E-state index contributed by atoms with van der Waals surface area (Å²) in [5, 5.41) is 3.50. The molecule has 0 aromatic heterocycles. The summed E-state index contributed by atoms with van der Waals surface area (Å²) < 4.78 is 0. The first-order valence-electron chi connectivity index (χ1n) is 5.69. The van der Waals surface area contributed by atoms with E-state index in [1.165, 1.54) is 19.3 Å². The Balaban J connectivity index is 3.21. The predicted octanol–water partition coefficient (Wildman–Crippen LogP) is 2.28. The molecular formula is C11H26N2. The summed E-state index contributed by atoms with van der Waals surface area (Å²) in [6, 6.07) is 1.04. The van der Waals surface area contributed by atoms with Crippen LogP contribution in [-0.4, -0.2) is 18.6 Å². The van der Waals surface area contributed by atoms with Gasteiger partial charge in [0.2, 0.25) is 0 Å². The molecule has 0 amide bonds. The van der Waals surface area contributed by atoms with E-state index in [4.69, 9.17) is 5.73 Å². The first kappa shape index (κ1) is 12.9. The maximum absolute atomic E-state index is 5.82. The molecule has 0 bridgehead atoms.